The zero-order valence-corrected chi connectivity index (χ0v) is 11.3. The maximum Gasteiger partial charge on any atom is 0.113 e. The van der Waals surface area contributed by atoms with Crippen LogP contribution in [0.15, 0.2) is 11.1 Å². The van der Waals surface area contributed by atoms with Crippen LogP contribution in [0.25, 0.3) is 0 Å². The van der Waals surface area contributed by atoms with Gasteiger partial charge in [0.25, 0.3) is 0 Å². The van der Waals surface area contributed by atoms with Crippen molar-refractivity contribution in [3.05, 3.63) is 26.2 Å². The van der Waals surface area contributed by atoms with Gasteiger partial charge in [0, 0.05) is 0 Å². The van der Waals surface area contributed by atoms with Crippen molar-refractivity contribution in [2.24, 2.45) is 4.99 Å². The summed E-state index contributed by atoms with van der Waals surface area (Å²) in [5.41, 5.74) is 2.78. The molecule has 0 aliphatic heterocycles. The summed E-state index contributed by atoms with van der Waals surface area (Å²) in [6, 6.07) is 1.46. The molecule has 88 valence electrons. The molecule has 0 bridgehead atoms. The third-order valence-electron chi connectivity index (χ3n) is 1.56. The van der Waals surface area contributed by atoms with Crippen molar-refractivity contribution >= 4 is 58.4 Å². The third-order valence-corrected chi connectivity index (χ3v) is 3.12. The van der Waals surface area contributed by atoms with Gasteiger partial charge in [-0.15, -0.1) is 0 Å². The molecule has 0 aliphatic carbocycles. The fraction of sp³-hybridized carbons (Fsp3) is 0.222. The zero-order chi connectivity index (χ0) is 12.1. The van der Waals surface area contributed by atoms with Crippen molar-refractivity contribution in [3.63, 3.8) is 0 Å². The van der Waals surface area contributed by atoms with Gasteiger partial charge >= 0.3 is 0 Å². The Kier molecular flexibility index (Phi) is 5.66. The van der Waals surface area contributed by atoms with Crippen LogP contribution in [0, 0.1) is 0 Å². The third kappa shape index (κ3) is 3.40. The van der Waals surface area contributed by atoms with Crippen LogP contribution in [0.2, 0.25) is 20.1 Å². The Labute approximate surface area is 113 Å². The van der Waals surface area contributed by atoms with Crippen LogP contribution < -0.4 is 5.48 Å². The molecular weight excluding hydrogens is 294 g/mol. The van der Waals surface area contributed by atoms with E-state index in [9.17, 15) is 0 Å². The molecule has 7 heteroatoms. The SMILES string of the molecule is CCONC=Nc1c(Cl)c(Cl)cc(Cl)c1Cl. The number of hydrogen-bond acceptors (Lipinski definition) is 2. The summed E-state index contributed by atoms with van der Waals surface area (Å²) in [6.45, 7) is 2.33. The van der Waals surface area contributed by atoms with Crippen LogP contribution in [0.1, 0.15) is 6.92 Å². The molecule has 0 amide bonds. The minimum atomic E-state index is 0.241. The second kappa shape index (κ2) is 6.52. The number of nitrogens with zero attached hydrogens (tertiary/aromatic N) is 1. The lowest BCUT2D eigenvalue weighted by Gasteiger charge is -2.05. The lowest BCUT2D eigenvalue weighted by molar-refractivity contribution is 0.100. The van der Waals surface area contributed by atoms with Crippen molar-refractivity contribution < 1.29 is 4.84 Å². The Hall–Kier alpha value is -0.190. The number of hydroxylamine groups is 1. The number of nitrogens with one attached hydrogen (secondary N) is 1. The average molecular weight is 302 g/mol. The lowest BCUT2D eigenvalue weighted by atomic mass is 10.3. The molecule has 1 rings (SSSR count). The fourth-order valence-electron chi connectivity index (χ4n) is 0.885. The summed E-state index contributed by atoms with van der Waals surface area (Å²) in [4.78, 5) is 8.81. The van der Waals surface area contributed by atoms with Gasteiger partial charge < -0.3 is 0 Å². The monoisotopic (exact) mass is 300 g/mol. The van der Waals surface area contributed by atoms with Gasteiger partial charge in [-0.2, -0.15) is 0 Å². The largest absolute Gasteiger partial charge is 0.276 e. The summed E-state index contributed by atoms with van der Waals surface area (Å²) in [7, 11) is 0. The summed E-state index contributed by atoms with van der Waals surface area (Å²) in [5, 5.41) is 1.07. The maximum absolute atomic E-state index is 5.93. The van der Waals surface area contributed by atoms with E-state index < -0.39 is 0 Å². The Morgan fingerprint density at radius 3 is 2.31 bits per heavy atom. The van der Waals surface area contributed by atoms with E-state index in [1.165, 1.54) is 12.4 Å². The summed E-state index contributed by atoms with van der Waals surface area (Å²) in [6.07, 6.45) is 1.31. The molecule has 0 spiro atoms. The topological polar surface area (TPSA) is 33.6 Å². The number of hydrogen-bond donors (Lipinski definition) is 1. The minimum Gasteiger partial charge on any atom is -0.276 e. The van der Waals surface area contributed by atoms with Gasteiger partial charge in [-0.3, -0.25) is 10.3 Å². The van der Waals surface area contributed by atoms with E-state index in [2.05, 4.69) is 10.5 Å². The first-order valence-corrected chi connectivity index (χ1v) is 5.82. The van der Waals surface area contributed by atoms with E-state index in [0.717, 1.165) is 0 Å². The summed E-state index contributed by atoms with van der Waals surface area (Å²) < 4.78 is 0. The second-order valence-corrected chi connectivity index (χ2v) is 4.20. The predicted molar refractivity (Wildman–Crippen MR) is 69.4 cm³/mol. The van der Waals surface area contributed by atoms with Crippen LogP contribution in [0.4, 0.5) is 5.69 Å². The molecule has 0 radical (unpaired) electrons. The van der Waals surface area contributed by atoms with E-state index >= 15 is 0 Å². The highest BCUT2D eigenvalue weighted by atomic mass is 35.5. The van der Waals surface area contributed by atoms with Crippen molar-refractivity contribution in [2.75, 3.05) is 6.61 Å². The Morgan fingerprint density at radius 1 is 1.25 bits per heavy atom. The maximum atomic E-state index is 5.93. The molecule has 0 atom stereocenters. The number of benzene rings is 1. The Bertz CT molecular complexity index is 383. The van der Waals surface area contributed by atoms with Gasteiger partial charge in [0.2, 0.25) is 0 Å². The van der Waals surface area contributed by atoms with Crippen molar-refractivity contribution in [2.45, 2.75) is 6.92 Å². The molecule has 0 heterocycles. The molecule has 0 saturated carbocycles. The van der Waals surface area contributed by atoms with E-state index in [4.69, 9.17) is 51.2 Å². The van der Waals surface area contributed by atoms with Crippen LogP contribution >= 0.6 is 46.4 Å². The summed E-state index contributed by atoms with van der Waals surface area (Å²) in [5.74, 6) is 0. The van der Waals surface area contributed by atoms with Crippen molar-refractivity contribution in [1.29, 1.82) is 0 Å². The molecule has 0 unspecified atom stereocenters. The highest BCUT2D eigenvalue weighted by Crippen LogP contribution is 2.42. The van der Waals surface area contributed by atoms with Crippen LogP contribution in [0.5, 0.6) is 0 Å². The minimum absolute atomic E-state index is 0.241. The molecule has 16 heavy (non-hydrogen) atoms. The number of aliphatic imine (C=N–C) groups is 1. The van der Waals surface area contributed by atoms with Gasteiger partial charge in [0.1, 0.15) is 12.0 Å². The van der Waals surface area contributed by atoms with E-state index in [-0.39, 0.29) is 10.0 Å². The van der Waals surface area contributed by atoms with Gasteiger partial charge in [-0.1, -0.05) is 46.4 Å². The van der Waals surface area contributed by atoms with E-state index in [0.29, 0.717) is 22.3 Å². The normalized spacial score (nSPS) is 11.1. The number of halogens is 4. The molecule has 1 aromatic carbocycles. The van der Waals surface area contributed by atoms with Crippen LogP contribution in [0.3, 0.4) is 0 Å². The molecule has 0 aromatic heterocycles. The molecule has 1 N–H and O–H groups in total. The molecule has 0 aliphatic rings. The standard InChI is InChI=1S/C9H8Cl4N2O/c1-2-16-15-4-14-9-7(12)5(10)3-6(11)8(9)13/h3-4H,2H2,1H3,(H,14,15). The predicted octanol–water partition coefficient (Wildman–Crippen LogP) is 4.50. The summed E-state index contributed by atoms with van der Waals surface area (Å²) >= 11 is 23.5. The van der Waals surface area contributed by atoms with E-state index in [1.54, 1.807) is 0 Å². The Morgan fingerprint density at radius 2 is 1.81 bits per heavy atom. The Balaban J connectivity index is 2.98. The molecule has 0 fully saturated rings. The van der Waals surface area contributed by atoms with Crippen molar-refractivity contribution in [1.82, 2.24) is 5.48 Å². The highest BCUT2D eigenvalue weighted by molar-refractivity contribution is 6.49. The van der Waals surface area contributed by atoms with E-state index in [1.807, 2.05) is 6.92 Å². The fourth-order valence-corrected chi connectivity index (χ4v) is 1.78. The quantitative estimate of drug-likeness (QED) is 0.292. The first kappa shape index (κ1) is 13.9. The number of rotatable bonds is 4. The second-order valence-electron chi connectivity index (χ2n) is 2.63. The van der Waals surface area contributed by atoms with Gasteiger partial charge in [-0.25, -0.2) is 4.99 Å². The first-order valence-electron chi connectivity index (χ1n) is 4.30. The van der Waals surface area contributed by atoms with Crippen molar-refractivity contribution in [3.8, 4) is 0 Å². The zero-order valence-electron chi connectivity index (χ0n) is 8.23. The molecule has 0 saturated heterocycles. The molecule has 3 nitrogen and oxygen atoms in total. The van der Waals surface area contributed by atoms with Crippen LogP contribution in [-0.4, -0.2) is 12.9 Å². The average Bonchev–Trinajstić information content (AvgIpc) is 2.25. The molecule has 1 aromatic rings. The lowest BCUT2D eigenvalue weighted by Crippen LogP contribution is -2.10. The van der Waals surface area contributed by atoms with Gasteiger partial charge in [0.05, 0.1) is 26.7 Å². The smallest absolute Gasteiger partial charge is 0.113 e. The van der Waals surface area contributed by atoms with Gasteiger partial charge in [0.15, 0.2) is 0 Å². The molecular formula is C9H8Cl4N2O. The van der Waals surface area contributed by atoms with Gasteiger partial charge in [-0.05, 0) is 13.0 Å². The van der Waals surface area contributed by atoms with Crippen LogP contribution in [-0.2, 0) is 4.84 Å². The highest BCUT2D eigenvalue weighted by Gasteiger charge is 2.12. The first-order chi connectivity index (χ1) is 7.57.